The highest BCUT2D eigenvalue weighted by molar-refractivity contribution is 5.95. The minimum atomic E-state index is -0.0106. The maximum atomic E-state index is 12.3. The second-order valence-electron chi connectivity index (χ2n) is 5.82. The normalized spacial score (nSPS) is 27.4. The van der Waals surface area contributed by atoms with Crippen molar-refractivity contribution in [3.63, 3.8) is 0 Å². The molecule has 1 N–H and O–H groups in total. The Labute approximate surface area is 119 Å². The second-order valence-corrected chi connectivity index (χ2v) is 5.82. The molecule has 0 spiro atoms. The van der Waals surface area contributed by atoms with Gasteiger partial charge in [-0.3, -0.25) is 4.79 Å². The largest absolute Gasteiger partial charge is 0.493 e. The van der Waals surface area contributed by atoms with Gasteiger partial charge in [-0.2, -0.15) is 0 Å². The maximum Gasteiger partial charge on any atom is 0.251 e. The summed E-state index contributed by atoms with van der Waals surface area (Å²) in [5.74, 6) is 2.74. The summed E-state index contributed by atoms with van der Waals surface area (Å²) in [6.07, 6.45) is 5.04. The molecule has 3 atom stereocenters. The first-order chi connectivity index (χ1) is 9.71. The minimum Gasteiger partial charge on any atom is -0.493 e. The summed E-state index contributed by atoms with van der Waals surface area (Å²) in [6, 6.07) is 5.65. The van der Waals surface area contributed by atoms with Crippen molar-refractivity contribution in [2.45, 2.75) is 31.7 Å². The average molecular weight is 275 g/mol. The van der Waals surface area contributed by atoms with Crippen LogP contribution in [0, 0.1) is 11.8 Å². The minimum absolute atomic E-state index is 0.0106. The van der Waals surface area contributed by atoms with E-state index in [2.05, 4.69) is 5.32 Å². The fraction of sp³-hybridized carbons (Fsp3) is 0.562. The zero-order valence-electron chi connectivity index (χ0n) is 12.0. The van der Waals surface area contributed by atoms with Gasteiger partial charge in [0.1, 0.15) is 0 Å². The molecule has 2 aliphatic rings. The van der Waals surface area contributed by atoms with Gasteiger partial charge < -0.3 is 14.8 Å². The van der Waals surface area contributed by atoms with Crippen LogP contribution in [0.3, 0.4) is 0 Å². The van der Waals surface area contributed by atoms with Gasteiger partial charge in [-0.05, 0) is 49.3 Å². The molecule has 0 unspecified atom stereocenters. The lowest BCUT2D eigenvalue weighted by molar-refractivity contribution is 0.0922. The Hall–Kier alpha value is -1.71. The van der Waals surface area contributed by atoms with E-state index in [1.54, 1.807) is 32.4 Å². The van der Waals surface area contributed by atoms with Gasteiger partial charge in [-0.1, -0.05) is 6.42 Å². The Balaban J connectivity index is 1.71. The van der Waals surface area contributed by atoms with Crippen molar-refractivity contribution >= 4 is 5.91 Å². The maximum absolute atomic E-state index is 12.3. The van der Waals surface area contributed by atoms with Gasteiger partial charge in [0.05, 0.1) is 14.2 Å². The van der Waals surface area contributed by atoms with Crippen molar-refractivity contribution in [2.75, 3.05) is 14.2 Å². The van der Waals surface area contributed by atoms with E-state index in [0.717, 1.165) is 12.3 Å². The first-order valence-electron chi connectivity index (χ1n) is 7.24. The van der Waals surface area contributed by atoms with Gasteiger partial charge in [0.25, 0.3) is 5.91 Å². The highest BCUT2D eigenvalue weighted by atomic mass is 16.5. The average Bonchev–Trinajstić information content (AvgIpc) is 3.09. The molecule has 0 aliphatic heterocycles. The number of carbonyl (C=O) groups is 1. The summed E-state index contributed by atoms with van der Waals surface area (Å²) in [7, 11) is 3.17. The number of ether oxygens (including phenoxy) is 2. The molecule has 1 aromatic rings. The van der Waals surface area contributed by atoms with Crippen LogP contribution in [0.4, 0.5) is 0 Å². The van der Waals surface area contributed by atoms with Crippen molar-refractivity contribution in [1.82, 2.24) is 5.32 Å². The molecule has 1 aromatic carbocycles. The van der Waals surface area contributed by atoms with E-state index in [-0.39, 0.29) is 5.91 Å². The molecule has 4 heteroatoms. The van der Waals surface area contributed by atoms with Crippen LogP contribution in [-0.2, 0) is 0 Å². The molecule has 108 valence electrons. The molecule has 1 amide bonds. The van der Waals surface area contributed by atoms with E-state index in [1.165, 1.54) is 19.3 Å². The number of methoxy groups -OCH3 is 2. The van der Waals surface area contributed by atoms with Crippen molar-refractivity contribution in [3.05, 3.63) is 23.8 Å². The first kappa shape index (κ1) is 13.3. The van der Waals surface area contributed by atoms with Crippen LogP contribution in [-0.4, -0.2) is 26.2 Å². The predicted molar refractivity (Wildman–Crippen MR) is 76.2 cm³/mol. The fourth-order valence-electron chi connectivity index (χ4n) is 3.65. The fourth-order valence-corrected chi connectivity index (χ4v) is 3.65. The van der Waals surface area contributed by atoms with Crippen LogP contribution < -0.4 is 14.8 Å². The molecular formula is C16H21NO3. The zero-order chi connectivity index (χ0) is 14.1. The lowest BCUT2D eigenvalue weighted by atomic mass is 9.95. The third kappa shape index (κ3) is 2.35. The number of amides is 1. The molecule has 0 radical (unpaired) electrons. The second kappa shape index (κ2) is 5.35. The molecule has 3 rings (SSSR count). The number of rotatable bonds is 4. The van der Waals surface area contributed by atoms with Gasteiger partial charge in [-0.25, -0.2) is 0 Å². The Kier molecular flexibility index (Phi) is 3.55. The topological polar surface area (TPSA) is 47.6 Å². The lowest BCUT2D eigenvalue weighted by Crippen LogP contribution is -2.38. The van der Waals surface area contributed by atoms with Gasteiger partial charge in [0, 0.05) is 11.6 Å². The van der Waals surface area contributed by atoms with E-state index in [0.29, 0.717) is 29.0 Å². The Morgan fingerprint density at radius 2 is 1.95 bits per heavy atom. The summed E-state index contributed by atoms with van der Waals surface area (Å²) >= 11 is 0. The van der Waals surface area contributed by atoms with Gasteiger partial charge in [0.15, 0.2) is 11.5 Å². The summed E-state index contributed by atoms with van der Waals surface area (Å²) in [4.78, 5) is 12.3. The quantitative estimate of drug-likeness (QED) is 0.919. The van der Waals surface area contributed by atoms with E-state index in [4.69, 9.17) is 9.47 Å². The standard InChI is InChI=1S/C16H21NO3/c1-19-14-6-5-12(9-15(14)20-2)16(18)17-13-8-10-3-4-11(13)7-10/h5-6,9-11,13H,3-4,7-8H2,1-2H3,(H,17,18)/t10-,11+,13-/m1/s1. The van der Waals surface area contributed by atoms with Crippen molar-refractivity contribution in [2.24, 2.45) is 11.8 Å². The molecule has 2 bridgehead atoms. The van der Waals surface area contributed by atoms with Crippen LogP contribution in [0.25, 0.3) is 0 Å². The number of benzene rings is 1. The molecular weight excluding hydrogens is 254 g/mol. The van der Waals surface area contributed by atoms with E-state index >= 15 is 0 Å². The smallest absolute Gasteiger partial charge is 0.251 e. The van der Waals surface area contributed by atoms with Gasteiger partial charge in [0.2, 0.25) is 0 Å². The molecule has 2 aliphatic carbocycles. The van der Waals surface area contributed by atoms with Gasteiger partial charge in [-0.15, -0.1) is 0 Å². The number of carbonyl (C=O) groups excluding carboxylic acids is 1. The predicted octanol–water partition coefficient (Wildman–Crippen LogP) is 2.62. The van der Waals surface area contributed by atoms with Crippen LogP contribution >= 0.6 is 0 Å². The third-order valence-corrected chi connectivity index (χ3v) is 4.70. The van der Waals surface area contributed by atoms with Crippen LogP contribution in [0.5, 0.6) is 11.5 Å². The van der Waals surface area contributed by atoms with Crippen LogP contribution in [0.1, 0.15) is 36.0 Å². The first-order valence-corrected chi connectivity index (χ1v) is 7.24. The highest BCUT2D eigenvalue weighted by Crippen LogP contribution is 2.44. The number of hydrogen-bond donors (Lipinski definition) is 1. The Morgan fingerprint density at radius 1 is 1.15 bits per heavy atom. The summed E-state index contributed by atoms with van der Waals surface area (Å²) in [5.41, 5.74) is 0.630. The number of fused-ring (bicyclic) bond motifs is 2. The Bertz CT molecular complexity index is 514. The SMILES string of the molecule is COc1ccc(C(=O)N[C@@H]2C[C@@H]3CC[C@H]2C3)cc1OC. The molecule has 20 heavy (non-hydrogen) atoms. The van der Waals surface area contributed by atoms with Crippen molar-refractivity contribution in [1.29, 1.82) is 0 Å². The molecule has 2 fully saturated rings. The van der Waals surface area contributed by atoms with Crippen LogP contribution in [0.15, 0.2) is 18.2 Å². The molecule has 0 aromatic heterocycles. The number of nitrogens with one attached hydrogen (secondary N) is 1. The zero-order valence-corrected chi connectivity index (χ0v) is 12.0. The third-order valence-electron chi connectivity index (χ3n) is 4.70. The van der Waals surface area contributed by atoms with E-state index in [1.807, 2.05) is 0 Å². The number of hydrogen-bond acceptors (Lipinski definition) is 3. The Morgan fingerprint density at radius 3 is 2.55 bits per heavy atom. The van der Waals surface area contributed by atoms with E-state index in [9.17, 15) is 4.79 Å². The van der Waals surface area contributed by atoms with Crippen LogP contribution in [0.2, 0.25) is 0 Å². The monoisotopic (exact) mass is 275 g/mol. The van der Waals surface area contributed by atoms with Gasteiger partial charge >= 0.3 is 0 Å². The highest BCUT2D eigenvalue weighted by Gasteiger charge is 2.40. The summed E-state index contributed by atoms with van der Waals surface area (Å²) < 4.78 is 10.4. The van der Waals surface area contributed by atoms with Crippen molar-refractivity contribution < 1.29 is 14.3 Å². The molecule has 0 saturated heterocycles. The summed E-state index contributed by atoms with van der Waals surface area (Å²) in [6.45, 7) is 0. The lowest BCUT2D eigenvalue weighted by Gasteiger charge is -2.23. The molecule has 2 saturated carbocycles. The van der Waals surface area contributed by atoms with E-state index < -0.39 is 0 Å². The van der Waals surface area contributed by atoms with Crippen molar-refractivity contribution in [3.8, 4) is 11.5 Å². The summed E-state index contributed by atoms with van der Waals surface area (Å²) in [5, 5.41) is 3.18. The molecule has 4 nitrogen and oxygen atoms in total. The molecule has 0 heterocycles.